The van der Waals surface area contributed by atoms with E-state index in [-0.39, 0.29) is 45.2 Å². The lowest BCUT2D eigenvalue weighted by molar-refractivity contribution is -0.149. The van der Waals surface area contributed by atoms with Crippen molar-refractivity contribution in [2.45, 2.75) is 113 Å². The van der Waals surface area contributed by atoms with Gasteiger partial charge in [0.25, 0.3) is 0 Å². The molecular weight excluding hydrogens is 786 g/mol. The van der Waals surface area contributed by atoms with Gasteiger partial charge in [-0.2, -0.15) is 0 Å². The Morgan fingerprint density at radius 3 is 2.00 bits per heavy atom. The molecule has 0 radical (unpaired) electrons. The standard InChI is InChI=1S/C38H53N11O11/c1-20(50)31(47-34(55)25(15-21-7-3-2-4-8-21)45-32(53)23(39)16-22-18-42-19-43-22)37(58)48-13-5-9-27(48)35(56)44-24(11-12-29(40)51)33(54)46-26(17-30(41)52)36(57)49-14-6-10-28(49)38(59)60/h2-4,7-8,18-20,23-28,31,50H,5-6,9-17,39H2,1H3,(H2,40,51)(H2,41,52)(H,42,43)(H,44,56)(H,45,53)(H,46,54)(H,47,55)(H,59,60)/t20-,23+,24+,25+,26+,27+,28+,31+/m1/s1. The van der Waals surface area contributed by atoms with E-state index in [0.717, 1.165) is 9.80 Å². The molecule has 1 aromatic carbocycles. The summed E-state index contributed by atoms with van der Waals surface area (Å²) in [6.07, 6.45) is 0.955. The van der Waals surface area contributed by atoms with E-state index in [4.69, 9.17) is 17.2 Å². The zero-order valence-electron chi connectivity index (χ0n) is 33.1. The fraction of sp³-hybridized carbons (Fsp3) is 0.526. The smallest absolute Gasteiger partial charge is 0.326 e. The number of benzene rings is 1. The topological polar surface area (TPSA) is 355 Å². The van der Waals surface area contributed by atoms with E-state index in [9.17, 15) is 53.4 Å². The van der Waals surface area contributed by atoms with E-state index in [2.05, 4.69) is 31.2 Å². The Labute approximate surface area is 344 Å². The maximum atomic E-state index is 14.1. The maximum absolute atomic E-state index is 14.1. The molecule has 0 saturated carbocycles. The molecule has 2 fully saturated rings. The summed E-state index contributed by atoms with van der Waals surface area (Å²) in [6, 6.07) is -0.788. The lowest BCUT2D eigenvalue weighted by Crippen LogP contribution is -2.61. The van der Waals surface area contributed by atoms with Crippen LogP contribution in [-0.2, 0) is 56.0 Å². The van der Waals surface area contributed by atoms with Crippen molar-refractivity contribution in [3.8, 4) is 0 Å². The first-order valence-electron chi connectivity index (χ1n) is 19.5. The van der Waals surface area contributed by atoms with Crippen LogP contribution in [0.1, 0.15) is 63.1 Å². The number of aliphatic hydroxyl groups is 1. The number of aromatic amines is 1. The number of nitrogens with zero attached hydrogens (tertiary/aromatic N) is 3. The Morgan fingerprint density at radius 2 is 1.42 bits per heavy atom. The number of hydrogen-bond acceptors (Lipinski definition) is 12. The number of aliphatic hydroxyl groups excluding tert-OH is 1. The molecule has 13 N–H and O–H groups in total. The van der Waals surface area contributed by atoms with Crippen LogP contribution in [-0.4, -0.2) is 145 Å². The summed E-state index contributed by atoms with van der Waals surface area (Å²) in [7, 11) is 0. The second-order valence-corrected chi connectivity index (χ2v) is 14.9. The minimum atomic E-state index is -1.61. The molecule has 22 heteroatoms. The number of likely N-dealkylation sites (tertiary alicyclic amines) is 2. The number of aliphatic carboxylic acids is 1. The summed E-state index contributed by atoms with van der Waals surface area (Å²) in [4.78, 5) is 126. The first kappa shape index (κ1) is 46.3. The van der Waals surface area contributed by atoms with Crippen molar-refractivity contribution < 1.29 is 53.4 Å². The van der Waals surface area contributed by atoms with E-state index < -0.39 is 114 Å². The number of amides is 8. The van der Waals surface area contributed by atoms with Gasteiger partial charge in [-0.05, 0) is 44.6 Å². The Hall–Kier alpha value is -6.42. The second kappa shape index (κ2) is 21.5. The summed E-state index contributed by atoms with van der Waals surface area (Å²) in [6.45, 7) is 1.32. The first-order valence-corrected chi connectivity index (χ1v) is 19.5. The monoisotopic (exact) mass is 839 g/mol. The van der Waals surface area contributed by atoms with Crippen LogP contribution in [0.15, 0.2) is 42.9 Å². The number of carbonyl (C=O) groups is 9. The van der Waals surface area contributed by atoms with Gasteiger partial charge in [-0.1, -0.05) is 30.3 Å². The molecule has 2 saturated heterocycles. The van der Waals surface area contributed by atoms with Crippen molar-refractivity contribution in [3.63, 3.8) is 0 Å². The van der Waals surface area contributed by atoms with E-state index in [0.29, 0.717) is 24.1 Å². The zero-order chi connectivity index (χ0) is 44.1. The molecule has 60 heavy (non-hydrogen) atoms. The predicted octanol–water partition coefficient (Wildman–Crippen LogP) is -3.95. The fourth-order valence-electron chi connectivity index (χ4n) is 7.17. The molecule has 326 valence electrons. The average Bonchev–Trinajstić information content (AvgIpc) is 4.00. The molecule has 0 aliphatic carbocycles. The van der Waals surface area contributed by atoms with Crippen LogP contribution < -0.4 is 38.5 Å². The van der Waals surface area contributed by atoms with E-state index in [1.165, 1.54) is 19.4 Å². The van der Waals surface area contributed by atoms with Gasteiger partial charge in [0, 0.05) is 44.2 Å². The largest absolute Gasteiger partial charge is 0.480 e. The molecule has 2 aromatic rings. The van der Waals surface area contributed by atoms with Gasteiger partial charge < -0.3 is 63.5 Å². The molecule has 2 aliphatic rings. The summed E-state index contributed by atoms with van der Waals surface area (Å²) in [5.41, 5.74) is 18.0. The molecule has 3 heterocycles. The normalized spacial score (nSPS) is 19.2. The molecule has 2 aliphatic heterocycles. The highest BCUT2D eigenvalue weighted by Crippen LogP contribution is 2.22. The van der Waals surface area contributed by atoms with Gasteiger partial charge in [0.05, 0.1) is 24.9 Å². The zero-order valence-corrected chi connectivity index (χ0v) is 33.1. The van der Waals surface area contributed by atoms with Gasteiger partial charge in [-0.3, -0.25) is 38.4 Å². The third-order valence-electron chi connectivity index (χ3n) is 10.3. The average molecular weight is 840 g/mol. The molecule has 0 bridgehead atoms. The van der Waals surface area contributed by atoms with Crippen LogP contribution >= 0.6 is 0 Å². The van der Waals surface area contributed by atoms with Crippen molar-refractivity contribution >= 4 is 53.2 Å². The van der Waals surface area contributed by atoms with Crippen molar-refractivity contribution in [1.29, 1.82) is 0 Å². The van der Waals surface area contributed by atoms with Crippen molar-refractivity contribution in [2.75, 3.05) is 13.1 Å². The van der Waals surface area contributed by atoms with Gasteiger partial charge in [-0.25, -0.2) is 9.78 Å². The van der Waals surface area contributed by atoms with Gasteiger partial charge in [0.1, 0.15) is 36.3 Å². The molecule has 0 unspecified atom stereocenters. The lowest BCUT2D eigenvalue weighted by atomic mass is 10.0. The molecule has 8 atom stereocenters. The molecule has 8 amide bonds. The van der Waals surface area contributed by atoms with E-state index in [1.54, 1.807) is 30.3 Å². The minimum absolute atomic E-state index is 0.0104. The molecule has 1 aromatic heterocycles. The van der Waals surface area contributed by atoms with Crippen LogP contribution in [0.3, 0.4) is 0 Å². The summed E-state index contributed by atoms with van der Waals surface area (Å²) < 4.78 is 0. The van der Waals surface area contributed by atoms with Crippen LogP contribution in [0.2, 0.25) is 0 Å². The Morgan fingerprint density at radius 1 is 0.800 bits per heavy atom. The van der Waals surface area contributed by atoms with Gasteiger partial charge in [0.2, 0.25) is 47.3 Å². The van der Waals surface area contributed by atoms with E-state index >= 15 is 0 Å². The number of carboxylic acids is 1. The number of imidazole rings is 1. The molecular formula is C38H53N11O11. The number of rotatable bonds is 21. The summed E-state index contributed by atoms with van der Waals surface area (Å²) in [5.74, 6) is -8.19. The quantitative estimate of drug-likeness (QED) is 0.0575. The Kier molecular flexibility index (Phi) is 16.6. The Bertz CT molecular complexity index is 1880. The molecule has 4 rings (SSSR count). The highest BCUT2D eigenvalue weighted by atomic mass is 16.4. The minimum Gasteiger partial charge on any atom is -0.480 e. The number of nitrogens with one attached hydrogen (secondary N) is 5. The highest BCUT2D eigenvalue weighted by molar-refractivity contribution is 5.98. The lowest BCUT2D eigenvalue weighted by Gasteiger charge is -2.32. The fourth-order valence-corrected chi connectivity index (χ4v) is 7.17. The summed E-state index contributed by atoms with van der Waals surface area (Å²) >= 11 is 0. The van der Waals surface area contributed by atoms with Crippen LogP contribution in [0.5, 0.6) is 0 Å². The first-order chi connectivity index (χ1) is 28.5. The van der Waals surface area contributed by atoms with Crippen molar-refractivity contribution in [2.24, 2.45) is 17.2 Å². The number of primary amides is 2. The number of aromatic nitrogens is 2. The molecule has 22 nitrogen and oxygen atoms in total. The van der Waals surface area contributed by atoms with Crippen LogP contribution in [0.25, 0.3) is 0 Å². The Balaban J connectivity index is 1.49. The van der Waals surface area contributed by atoms with Gasteiger partial charge >= 0.3 is 5.97 Å². The van der Waals surface area contributed by atoms with Gasteiger partial charge in [0.15, 0.2) is 0 Å². The summed E-state index contributed by atoms with van der Waals surface area (Å²) in [5, 5.41) is 30.4. The van der Waals surface area contributed by atoms with Crippen LogP contribution in [0.4, 0.5) is 0 Å². The SMILES string of the molecule is C[C@@H](O)[C@H](NC(=O)[C@H](Cc1ccccc1)NC(=O)[C@@H](N)Cc1cnc[nH]1)C(=O)N1CCC[C@H]1C(=O)N[C@@H](CCC(N)=O)C(=O)N[C@@H](CC(N)=O)C(=O)N1CCC[C@H]1C(=O)O. The highest BCUT2D eigenvalue weighted by Gasteiger charge is 2.42. The number of H-pyrrole nitrogens is 1. The van der Waals surface area contributed by atoms with Crippen molar-refractivity contribution in [1.82, 2.24) is 41.0 Å². The third-order valence-corrected chi connectivity index (χ3v) is 10.3. The van der Waals surface area contributed by atoms with Crippen LogP contribution in [0, 0.1) is 0 Å². The number of carboxylic acid groups (broad SMARTS) is 1. The third kappa shape index (κ3) is 12.8. The second-order valence-electron chi connectivity index (χ2n) is 14.9. The number of nitrogens with two attached hydrogens (primary N) is 3. The van der Waals surface area contributed by atoms with Gasteiger partial charge in [-0.15, -0.1) is 0 Å². The number of carbonyl (C=O) groups excluding carboxylic acids is 8. The molecule has 0 spiro atoms. The predicted molar refractivity (Wildman–Crippen MR) is 209 cm³/mol. The van der Waals surface area contributed by atoms with E-state index in [1.807, 2.05) is 0 Å². The van der Waals surface area contributed by atoms with Crippen molar-refractivity contribution in [3.05, 3.63) is 54.1 Å². The maximum Gasteiger partial charge on any atom is 0.326 e. The number of hydrogen-bond donors (Lipinski definition) is 10.